The van der Waals surface area contributed by atoms with Gasteiger partial charge in [-0.2, -0.15) is 0 Å². The molecular weight excluding hydrogens is 278 g/mol. The normalized spacial score (nSPS) is 10.2. The summed E-state index contributed by atoms with van der Waals surface area (Å²) in [5.74, 6) is 6.00. The summed E-state index contributed by atoms with van der Waals surface area (Å²) in [4.78, 5) is 11.3. The molecule has 4 N–H and O–H groups in total. The van der Waals surface area contributed by atoms with Crippen LogP contribution in [-0.4, -0.2) is 10.0 Å². The fourth-order valence-corrected chi connectivity index (χ4v) is 2.57. The number of nitro benzene ring substituents is 1. The predicted molar refractivity (Wildman–Crippen MR) is 78.6 cm³/mol. The van der Waals surface area contributed by atoms with Gasteiger partial charge in [0, 0.05) is 16.7 Å². The van der Waals surface area contributed by atoms with Gasteiger partial charge in [-0.1, -0.05) is 12.1 Å². The average molecular weight is 291 g/mol. The van der Waals surface area contributed by atoms with E-state index in [1.165, 1.54) is 17.8 Å². The third-order valence-corrected chi connectivity index (χ3v) is 3.70. The highest BCUT2D eigenvalue weighted by Crippen LogP contribution is 2.29. The van der Waals surface area contributed by atoms with E-state index in [0.29, 0.717) is 5.75 Å². The highest BCUT2D eigenvalue weighted by molar-refractivity contribution is 7.98. The first-order valence-corrected chi connectivity index (χ1v) is 6.74. The number of nitrogens with one attached hydrogen (secondary N) is 1. The summed E-state index contributed by atoms with van der Waals surface area (Å²) < 4.78 is 0. The number of benzene rings is 2. The Kier molecular flexibility index (Phi) is 4.44. The standard InChI is InChI=1S/C13H13N3O3S/c14-15-12-5-4-9(6-13(12)16(18)19)8-20-11-3-1-2-10(17)7-11/h1-7,15,17H,8,14H2. The predicted octanol–water partition coefficient (Wildman–Crippen LogP) is 2.88. The van der Waals surface area contributed by atoms with Crippen LogP contribution in [0.25, 0.3) is 0 Å². The Morgan fingerprint density at radius 2 is 2.10 bits per heavy atom. The second-order valence-electron chi connectivity index (χ2n) is 4.04. The molecule has 0 aliphatic rings. The zero-order valence-electron chi connectivity index (χ0n) is 10.4. The zero-order valence-corrected chi connectivity index (χ0v) is 11.3. The van der Waals surface area contributed by atoms with Crippen LogP contribution in [0.3, 0.4) is 0 Å². The lowest BCUT2D eigenvalue weighted by Gasteiger charge is -2.06. The molecule has 7 heteroatoms. The number of nitrogens with zero attached hydrogens (tertiary/aromatic N) is 1. The third kappa shape index (κ3) is 3.40. The first kappa shape index (κ1) is 14.2. The van der Waals surface area contributed by atoms with Crippen LogP contribution in [-0.2, 0) is 5.75 Å². The van der Waals surface area contributed by atoms with E-state index in [9.17, 15) is 15.2 Å². The fraction of sp³-hybridized carbons (Fsp3) is 0.0769. The molecule has 0 unspecified atom stereocenters. The number of anilines is 1. The van der Waals surface area contributed by atoms with E-state index in [2.05, 4.69) is 5.43 Å². The monoisotopic (exact) mass is 291 g/mol. The maximum Gasteiger partial charge on any atom is 0.293 e. The first-order valence-electron chi connectivity index (χ1n) is 5.76. The number of nitro groups is 1. The molecule has 0 saturated carbocycles. The van der Waals surface area contributed by atoms with E-state index in [-0.39, 0.29) is 17.1 Å². The van der Waals surface area contributed by atoms with Gasteiger partial charge in [0.15, 0.2) is 0 Å². The summed E-state index contributed by atoms with van der Waals surface area (Å²) in [5, 5.41) is 20.3. The van der Waals surface area contributed by atoms with Gasteiger partial charge in [-0.3, -0.25) is 16.0 Å². The van der Waals surface area contributed by atoms with Gasteiger partial charge in [-0.25, -0.2) is 0 Å². The van der Waals surface area contributed by atoms with E-state index < -0.39 is 4.92 Å². The molecule has 0 atom stereocenters. The summed E-state index contributed by atoms with van der Waals surface area (Å²) in [5.41, 5.74) is 3.34. The molecule has 0 amide bonds. The molecule has 0 spiro atoms. The lowest BCUT2D eigenvalue weighted by molar-refractivity contribution is -0.384. The lowest BCUT2D eigenvalue weighted by Crippen LogP contribution is -2.09. The van der Waals surface area contributed by atoms with Crippen molar-refractivity contribution in [2.45, 2.75) is 10.6 Å². The van der Waals surface area contributed by atoms with Gasteiger partial charge in [-0.05, 0) is 29.8 Å². The van der Waals surface area contributed by atoms with Crippen molar-refractivity contribution in [1.29, 1.82) is 0 Å². The minimum Gasteiger partial charge on any atom is -0.508 e. The van der Waals surface area contributed by atoms with Crippen LogP contribution in [0.4, 0.5) is 11.4 Å². The molecule has 0 saturated heterocycles. The summed E-state index contributed by atoms with van der Waals surface area (Å²) in [6.45, 7) is 0. The van der Waals surface area contributed by atoms with Gasteiger partial charge in [0.25, 0.3) is 5.69 Å². The molecule has 2 aromatic rings. The number of hydrogen-bond acceptors (Lipinski definition) is 6. The summed E-state index contributed by atoms with van der Waals surface area (Å²) in [7, 11) is 0. The number of phenolic OH excluding ortho intramolecular Hbond substituents is 1. The Bertz CT molecular complexity index is 634. The molecule has 0 aliphatic heterocycles. The Balaban J connectivity index is 2.14. The third-order valence-electron chi connectivity index (χ3n) is 2.64. The second-order valence-corrected chi connectivity index (χ2v) is 5.09. The second kappa shape index (κ2) is 6.27. The molecule has 0 aromatic heterocycles. The summed E-state index contributed by atoms with van der Waals surface area (Å²) >= 11 is 1.49. The lowest BCUT2D eigenvalue weighted by atomic mass is 10.2. The Morgan fingerprint density at radius 3 is 2.75 bits per heavy atom. The van der Waals surface area contributed by atoms with E-state index in [0.717, 1.165) is 10.5 Å². The van der Waals surface area contributed by atoms with Crippen LogP contribution >= 0.6 is 11.8 Å². The number of thioether (sulfide) groups is 1. The van der Waals surface area contributed by atoms with Crippen LogP contribution in [0.1, 0.15) is 5.56 Å². The first-order chi connectivity index (χ1) is 9.60. The largest absolute Gasteiger partial charge is 0.508 e. The molecule has 2 rings (SSSR count). The Labute approximate surface area is 119 Å². The molecule has 0 heterocycles. The smallest absolute Gasteiger partial charge is 0.293 e. The van der Waals surface area contributed by atoms with Crippen molar-refractivity contribution < 1.29 is 10.0 Å². The average Bonchev–Trinajstić information content (AvgIpc) is 2.45. The number of nitrogens with two attached hydrogens (primary N) is 1. The van der Waals surface area contributed by atoms with Crippen molar-refractivity contribution >= 4 is 23.1 Å². The maximum atomic E-state index is 10.9. The maximum absolute atomic E-state index is 10.9. The van der Waals surface area contributed by atoms with Crippen LogP contribution in [0.15, 0.2) is 47.4 Å². The van der Waals surface area contributed by atoms with Gasteiger partial charge in [0.05, 0.1) is 4.92 Å². The Morgan fingerprint density at radius 1 is 1.30 bits per heavy atom. The van der Waals surface area contributed by atoms with Crippen molar-refractivity contribution in [3.63, 3.8) is 0 Å². The molecule has 20 heavy (non-hydrogen) atoms. The van der Waals surface area contributed by atoms with E-state index >= 15 is 0 Å². The van der Waals surface area contributed by atoms with E-state index in [1.807, 2.05) is 6.07 Å². The summed E-state index contributed by atoms with van der Waals surface area (Å²) in [6.07, 6.45) is 0. The number of rotatable bonds is 5. The minimum absolute atomic E-state index is 0.0542. The molecule has 0 radical (unpaired) electrons. The summed E-state index contributed by atoms with van der Waals surface area (Å²) in [6, 6.07) is 11.7. The molecule has 2 aromatic carbocycles. The molecule has 0 bridgehead atoms. The van der Waals surface area contributed by atoms with Gasteiger partial charge >= 0.3 is 0 Å². The molecule has 6 nitrogen and oxygen atoms in total. The van der Waals surface area contributed by atoms with E-state index in [1.54, 1.807) is 30.3 Å². The van der Waals surface area contributed by atoms with Crippen molar-refractivity contribution in [2.24, 2.45) is 5.84 Å². The quantitative estimate of drug-likeness (QED) is 0.339. The number of hydrogen-bond donors (Lipinski definition) is 3. The van der Waals surface area contributed by atoms with Crippen molar-refractivity contribution in [2.75, 3.05) is 5.43 Å². The van der Waals surface area contributed by atoms with Crippen molar-refractivity contribution in [1.82, 2.24) is 0 Å². The van der Waals surface area contributed by atoms with Crippen LogP contribution < -0.4 is 11.3 Å². The molecule has 0 fully saturated rings. The molecular formula is C13H13N3O3S. The number of aromatic hydroxyl groups is 1. The molecule has 104 valence electrons. The van der Waals surface area contributed by atoms with Crippen LogP contribution in [0.2, 0.25) is 0 Å². The highest BCUT2D eigenvalue weighted by Gasteiger charge is 2.13. The van der Waals surface area contributed by atoms with Gasteiger partial charge < -0.3 is 10.5 Å². The SMILES string of the molecule is NNc1ccc(CSc2cccc(O)c2)cc1[N+](=O)[O-]. The van der Waals surface area contributed by atoms with Crippen molar-refractivity contribution in [3.8, 4) is 5.75 Å². The highest BCUT2D eigenvalue weighted by atomic mass is 32.2. The molecule has 0 aliphatic carbocycles. The van der Waals surface area contributed by atoms with Gasteiger partial charge in [0.2, 0.25) is 0 Å². The zero-order chi connectivity index (χ0) is 14.5. The van der Waals surface area contributed by atoms with Crippen LogP contribution in [0, 0.1) is 10.1 Å². The minimum atomic E-state index is -0.474. The number of hydrazine groups is 1. The Hall–Kier alpha value is -2.25. The number of nitrogen functional groups attached to an aromatic ring is 1. The van der Waals surface area contributed by atoms with Crippen molar-refractivity contribution in [3.05, 3.63) is 58.1 Å². The van der Waals surface area contributed by atoms with Crippen LogP contribution in [0.5, 0.6) is 5.75 Å². The number of phenols is 1. The van der Waals surface area contributed by atoms with Gasteiger partial charge in [-0.15, -0.1) is 11.8 Å². The fourth-order valence-electron chi connectivity index (χ4n) is 1.68. The van der Waals surface area contributed by atoms with E-state index in [4.69, 9.17) is 5.84 Å². The van der Waals surface area contributed by atoms with Gasteiger partial charge in [0.1, 0.15) is 11.4 Å². The topological polar surface area (TPSA) is 101 Å².